The van der Waals surface area contributed by atoms with Gasteiger partial charge in [-0.15, -0.1) is 0 Å². The van der Waals surface area contributed by atoms with Gasteiger partial charge in [0.2, 0.25) is 0 Å². The Labute approximate surface area is 94.0 Å². The normalized spacial score (nSPS) is 33.5. The smallest absolute Gasteiger partial charge is 0.0232 e. The second-order valence-electron chi connectivity index (χ2n) is 5.85. The van der Waals surface area contributed by atoms with Gasteiger partial charge < -0.3 is 0 Å². The van der Waals surface area contributed by atoms with Gasteiger partial charge in [0.15, 0.2) is 0 Å². The molecule has 0 N–H and O–H groups in total. The van der Waals surface area contributed by atoms with Crippen molar-refractivity contribution in [2.75, 3.05) is 0 Å². The predicted molar refractivity (Wildman–Crippen MR) is 68.1 cm³/mol. The Kier molecular flexibility index (Phi) is 3.54. The highest BCUT2D eigenvalue weighted by Crippen LogP contribution is 2.30. The SMILES string of the molecule is CC(C)CC1(C)C=N/C=C\C(C)(C)/C=C\1. The molecule has 0 aromatic carbocycles. The fraction of sp³-hybridized carbons (Fsp3) is 0.643. The van der Waals surface area contributed by atoms with Crippen LogP contribution < -0.4 is 0 Å². The van der Waals surface area contributed by atoms with E-state index in [0.29, 0.717) is 5.92 Å². The average Bonchev–Trinajstić information content (AvgIpc) is 2.07. The number of nitrogens with zero attached hydrogens (tertiary/aromatic N) is 1. The molecule has 0 saturated carbocycles. The standard InChI is InChI=1S/C14H23N/c1-12(2)10-14(5)7-6-13(3,4)8-9-15-11-14/h6-9,11-12H,10H2,1-5H3/b7-6-,9-8-,15-11?. The van der Waals surface area contributed by atoms with Crippen molar-refractivity contribution in [1.29, 1.82) is 0 Å². The Morgan fingerprint density at radius 3 is 2.33 bits per heavy atom. The van der Waals surface area contributed by atoms with Crippen LogP contribution in [-0.4, -0.2) is 6.21 Å². The lowest BCUT2D eigenvalue weighted by Crippen LogP contribution is -2.20. The summed E-state index contributed by atoms with van der Waals surface area (Å²) in [4.78, 5) is 4.38. The number of hydrogen-bond acceptors (Lipinski definition) is 1. The van der Waals surface area contributed by atoms with Crippen LogP contribution in [0.1, 0.15) is 41.0 Å². The monoisotopic (exact) mass is 205 g/mol. The molecule has 0 amide bonds. The molecule has 1 unspecified atom stereocenters. The van der Waals surface area contributed by atoms with Crippen LogP contribution in [-0.2, 0) is 0 Å². The van der Waals surface area contributed by atoms with Gasteiger partial charge in [-0.1, -0.05) is 52.8 Å². The van der Waals surface area contributed by atoms with Gasteiger partial charge in [-0.05, 0) is 12.3 Å². The van der Waals surface area contributed by atoms with Crippen molar-refractivity contribution in [2.45, 2.75) is 41.0 Å². The lowest BCUT2D eigenvalue weighted by molar-refractivity contribution is 0.437. The van der Waals surface area contributed by atoms with Gasteiger partial charge in [0, 0.05) is 23.2 Å². The Morgan fingerprint density at radius 2 is 1.73 bits per heavy atom. The molecule has 1 aliphatic rings. The van der Waals surface area contributed by atoms with E-state index in [9.17, 15) is 0 Å². The van der Waals surface area contributed by atoms with E-state index in [4.69, 9.17) is 0 Å². The molecule has 0 fully saturated rings. The van der Waals surface area contributed by atoms with E-state index in [1.165, 1.54) is 0 Å². The van der Waals surface area contributed by atoms with Crippen molar-refractivity contribution in [3.63, 3.8) is 0 Å². The fourth-order valence-electron chi connectivity index (χ4n) is 1.95. The lowest BCUT2D eigenvalue weighted by atomic mass is 9.79. The maximum atomic E-state index is 4.38. The van der Waals surface area contributed by atoms with Crippen LogP contribution in [0.3, 0.4) is 0 Å². The lowest BCUT2D eigenvalue weighted by Gasteiger charge is -2.26. The molecule has 1 heteroatoms. The molecule has 15 heavy (non-hydrogen) atoms. The van der Waals surface area contributed by atoms with Crippen LogP contribution in [0.5, 0.6) is 0 Å². The van der Waals surface area contributed by atoms with Crippen molar-refractivity contribution in [3.8, 4) is 0 Å². The first-order chi connectivity index (χ1) is 6.83. The Morgan fingerprint density at radius 1 is 1.07 bits per heavy atom. The third-order valence-electron chi connectivity index (χ3n) is 2.70. The van der Waals surface area contributed by atoms with Gasteiger partial charge in [0.25, 0.3) is 0 Å². The average molecular weight is 205 g/mol. The van der Waals surface area contributed by atoms with Gasteiger partial charge in [-0.3, -0.25) is 4.99 Å². The van der Waals surface area contributed by atoms with Crippen LogP contribution >= 0.6 is 0 Å². The van der Waals surface area contributed by atoms with Crippen LogP contribution in [0.15, 0.2) is 29.4 Å². The second kappa shape index (κ2) is 4.34. The highest BCUT2D eigenvalue weighted by molar-refractivity contribution is 5.69. The summed E-state index contributed by atoms with van der Waals surface area (Å²) in [6.45, 7) is 11.2. The summed E-state index contributed by atoms with van der Waals surface area (Å²) in [7, 11) is 0. The van der Waals surface area contributed by atoms with Crippen LogP contribution in [0.4, 0.5) is 0 Å². The summed E-state index contributed by atoms with van der Waals surface area (Å²) >= 11 is 0. The Bertz CT molecular complexity index is 294. The van der Waals surface area contributed by atoms with Gasteiger partial charge >= 0.3 is 0 Å². The second-order valence-corrected chi connectivity index (χ2v) is 5.85. The zero-order valence-corrected chi connectivity index (χ0v) is 10.6. The molecule has 1 atom stereocenters. The molecule has 0 aromatic heterocycles. The first-order valence-corrected chi connectivity index (χ1v) is 5.75. The summed E-state index contributed by atoms with van der Waals surface area (Å²) in [5.74, 6) is 0.692. The third-order valence-corrected chi connectivity index (χ3v) is 2.70. The van der Waals surface area contributed by atoms with Crippen LogP contribution in [0.25, 0.3) is 0 Å². The Hall–Kier alpha value is -0.850. The van der Waals surface area contributed by atoms with Gasteiger partial charge in [-0.25, -0.2) is 0 Å². The van der Waals surface area contributed by atoms with E-state index in [1.807, 2.05) is 6.20 Å². The van der Waals surface area contributed by atoms with Crippen molar-refractivity contribution in [2.24, 2.45) is 21.7 Å². The van der Waals surface area contributed by atoms with E-state index in [2.05, 4.69) is 64.1 Å². The van der Waals surface area contributed by atoms with E-state index in [-0.39, 0.29) is 10.8 Å². The molecule has 0 aliphatic carbocycles. The summed E-state index contributed by atoms with van der Waals surface area (Å²) < 4.78 is 0. The number of aliphatic imine (C=N–C) groups is 1. The zero-order valence-electron chi connectivity index (χ0n) is 10.6. The molecule has 1 rings (SSSR count). The number of hydrogen-bond donors (Lipinski definition) is 0. The van der Waals surface area contributed by atoms with E-state index >= 15 is 0 Å². The molecule has 1 aliphatic heterocycles. The predicted octanol–water partition coefficient (Wildman–Crippen LogP) is 4.22. The van der Waals surface area contributed by atoms with Gasteiger partial charge in [-0.2, -0.15) is 0 Å². The van der Waals surface area contributed by atoms with Crippen molar-refractivity contribution in [1.82, 2.24) is 0 Å². The summed E-state index contributed by atoms with van der Waals surface area (Å²) in [5, 5.41) is 0. The minimum atomic E-state index is 0.107. The highest BCUT2D eigenvalue weighted by atomic mass is 14.7. The maximum Gasteiger partial charge on any atom is 0.0232 e. The van der Waals surface area contributed by atoms with E-state index in [1.54, 1.807) is 0 Å². The van der Waals surface area contributed by atoms with Crippen LogP contribution in [0.2, 0.25) is 0 Å². The molecular formula is C14H23N. The Balaban J connectivity index is 2.92. The number of rotatable bonds is 2. The molecule has 84 valence electrons. The molecule has 1 heterocycles. The topological polar surface area (TPSA) is 12.4 Å². The van der Waals surface area contributed by atoms with Crippen molar-refractivity contribution < 1.29 is 0 Å². The molecule has 0 saturated heterocycles. The molecule has 0 spiro atoms. The number of allylic oxidation sites excluding steroid dienone is 3. The first-order valence-electron chi connectivity index (χ1n) is 5.75. The minimum absolute atomic E-state index is 0.107. The zero-order chi connectivity index (χ0) is 11.5. The molecule has 1 nitrogen and oxygen atoms in total. The van der Waals surface area contributed by atoms with Gasteiger partial charge in [0.1, 0.15) is 0 Å². The summed E-state index contributed by atoms with van der Waals surface area (Å²) in [5.41, 5.74) is 0.228. The van der Waals surface area contributed by atoms with Crippen molar-refractivity contribution in [3.05, 3.63) is 24.4 Å². The third kappa shape index (κ3) is 4.03. The molecule has 0 aromatic rings. The summed E-state index contributed by atoms with van der Waals surface area (Å²) in [6, 6.07) is 0. The molecule has 0 radical (unpaired) electrons. The highest BCUT2D eigenvalue weighted by Gasteiger charge is 2.22. The minimum Gasteiger partial charge on any atom is -0.268 e. The maximum absolute atomic E-state index is 4.38. The van der Waals surface area contributed by atoms with Crippen LogP contribution in [0, 0.1) is 16.7 Å². The fourth-order valence-corrected chi connectivity index (χ4v) is 1.95. The van der Waals surface area contributed by atoms with Gasteiger partial charge in [0.05, 0.1) is 0 Å². The largest absolute Gasteiger partial charge is 0.268 e. The van der Waals surface area contributed by atoms with Crippen molar-refractivity contribution >= 4 is 6.21 Å². The molecular weight excluding hydrogens is 182 g/mol. The molecule has 0 bridgehead atoms. The van der Waals surface area contributed by atoms with E-state index < -0.39 is 0 Å². The quantitative estimate of drug-likeness (QED) is 0.598. The van der Waals surface area contributed by atoms with E-state index in [0.717, 1.165) is 6.42 Å². The first kappa shape index (κ1) is 12.2. The summed E-state index contributed by atoms with van der Waals surface area (Å²) in [6.07, 6.45) is 11.9.